The van der Waals surface area contributed by atoms with E-state index in [-0.39, 0.29) is 23.3 Å². The molecule has 0 saturated carbocycles. The summed E-state index contributed by atoms with van der Waals surface area (Å²) in [5.74, 6) is -2.29. The topological polar surface area (TPSA) is 69.7 Å². The fourth-order valence-electron chi connectivity index (χ4n) is 1.99. The molecule has 0 bridgehead atoms. The van der Waals surface area contributed by atoms with Crippen LogP contribution in [0.15, 0.2) is 48.5 Å². The van der Waals surface area contributed by atoms with Gasteiger partial charge < -0.3 is 9.47 Å². The lowest BCUT2D eigenvalue weighted by Crippen LogP contribution is -2.17. The Balaban J connectivity index is 2.26. The molecule has 2 aromatic carbocycles. The zero-order valence-electron chi connectivity index (χ0n) is 12.9. The van der Waals surface area contributed by atoms with E-state index in [9.17, 15) is 14.4 Å². The monoisotopic (exact) mass is 312 g/mol. The number of esters is 3. The highest BCUT2D eigenvalue weighted by atomic mass is 16.6. The maximum absolute atomic E-state index is 12.3. The molecule has 0 aromatic heterocycles. The van der Waals surface area contributed by atoms with E-state index >= 15 is 0 Å². The molecular weight excluding hydrogens is 296 g/mol. The fraction of sp³-hybridized carbons (Fsp3) is 0.167. The molecule has 0 amide bonds. The minimum absolute atomic E-state index is 0.00716. The molecule has 0 aliphatic carbocycles. The molecule has 0 spiro atoms. The zero-order valence-corrected chi connectivity index (χ0v) is 12.9. The molecule has 0 saturated heterocycles. The summed E-state index contributed by atoms with van der Waals surface area (Å²) in [4.78, 5) is 36.1. The second kappa shape index (κ2) is 7.35. The summed E-state index contributed by atoms with van der Waals surface area (Å²) in [5, 5.41) is 0. The Morgan fingerprint density at radius 2 is 1.57 bits per heavy atom. The van der Waals surface area contributed by atoms with Gasteiger partial charge in [0.1, 0.15) is 0 Å². The van der Waals surface area contributed by atoms with E-state index in [1.807, 2.05) is 0 Å². The first-order valence-electron chi connectivity index (χ1n) is 7.12. The molecule has 0 heterocycles. The highest BCUT2D eigenvalue weighted by Crippen LogP contribution is 2.16. The molecule has 0 atom stereocenters. The molecular formula is C18H16O5. The van der Waals surface area contributed by atoms with Gasteiger partial charge in [-0.2, -0.15) is 0 Å². The Kier molecular flexibility index (Phi) is 5.25. The van der Waals surface area contributed by atoms with Crippen molar-refractivity contribution in [2.75, 3.05) is 6.61 Å². The van der Waals surface area contributed by atoms with Crippen LogP contribution in [0.3, 0.4) is 0 Å². The van der Waals surface area contributed by atoms with Gasteiger partial charge >= 0.3 is 17.9 Å². The predicted octanol–water partition coefficient (Wildman–Crippen LogP) is 3.17. The second-order valence-electron chi connectivity index (χ2n) is 4.81. The third kappa shape index (κ3) is 4.03. The lowest BCUT2D eigenvalue weighted by molar-refractivity contribution is 0.0385. The molecule has 2 aromatic rings. The van der Waals surface area contributed by atoms with Crippen molar-refractivity contribution in [3.05, 3.63) is 70.8 Å². The van der Waals surface area contributed by atoms with Crippen LogP contribution in [0.2, 0.25) is 0 Å². The van der Waals surface area contributed by atoms with Gasteiger partial charge in [-0.05, 0) is 38.1 Å². The SMILES string of the molecule is CCOC(=O)c1ccc(C)cc1C(=O)OC(=O)c1ccccc1. The highest BCUT2D eigenvalue weighted by Gasteiger charge is 2.22. The van der Waals surface area contributed by atoms with Crippen LogP contribution in [0.1, 0.15) is 43.6 Å². The van der Waals surface area contributed by atoms with Crippen LogP contribution >= 0.6 is 0 Å². The molecule has 5 heteroatoms. The van der Waals surface area contributed by atoms with E-state index in [4.69, 9.17) is 9.47 Å². The zero-order chi connectivity index (χ0) is 16.8. The van der Waals surface area contributed by atoms with Crippen LogP contribution in [0.25, 0.3) is 0 Å². The van der Waals surface area contributed by atoms with Crippen LogP contribution in [-0.2, 0) is 9.47 Å². The fourth-order valence-corrected chi connectivity index (χ4v) is 1.99. The summed E-state index contributed by atoms with van der Waals surface area (Å²) in [6.45, 7) is 3.62. The van der Waals surface area contributed by atoms with Gasteiger partial charge in [0.2, 0.25) is 0 Å². The normalized spacial score (nSPS) is 10.0. The molecule has 0 aliphatic rings. The summed E-state index contributed by atoms with van der Waals surface area (Å²) in [5.41, 5.74) is 1.10. The lowest BCUT2D eigenvalue weighted by Gasteiger charge is -2.09. The van der Waals surface area contributed by atoms with Gasteiger partial charge in [0.25, 0.3) is 0 Å². The van der Waals surface area contributed by atoms with Gasteiger partial charge in [0.15, 0.2) is 0 Å². The summed E-state index contributed by atoms with van der Waals surface area (Å²) in [6.07, 6.45) is 0. The van der Waals surface area contributed by atoms with Crippen LogP contribution in [0.4, 0.5) is 0 Å². The van der Waals surface area contributed by atoms with Gasteiger partial charge in [-0.25, -0.2) is 14.4 Å². The van der Waals surface area contributed by atoms with Gasteiger partial charge in [-0.3, -0.25) is 0 Å². The summed E-state index contributed by atoms with van der Waals surface area (Å²) < 4.78 is 9.78. The maximum Gasteiger partial charge on any atom is 0.346 e. The standard InChI is InChI=1S/C18H16O5/c1-3-22-17(20)14-10-9-12(2)11-15(14)18(21)23-16(19)13-7-5-4-6-8-13/h4-11H,3H2,1-2H3. The molecule has 0 fully saturated rings. The number of hydrogen-bond donors (Lipinski definition) is 0. The van der Waals surface area contributed by atoms with Crippen molar-refractivity contribution in [2.24, 2.45) is 0 Å². The third-order valence-corrected chi connectivity index (χ3v) is 3.09. The number of aryl methyl sites for hydroxylation is 1. The van der Waals surface area contributed by atoms with E-state index in [2.05, 4.69) is 0 Å². The molecule has 0 radical (unpaired) electrons. The number of carbonyl (C=O) groups is 3. The average Bonchev–Trinajstić information content (AvgIpc) is 2.55. The Hall–Kier alpha value is -2.95. The Morgan fingerprint density at radius 1 is 0.870 bits per heavy atom. The van der Waals surface area contributed by atoms with E-state index in [1.165, 1.54) is 24.3 Å². The largest absolute Gasteiger partial charge is 0.462 e. The predicted molar refractivity (Wildman–Crippen MR) is 83.3 cm³/mol. The molecule has 23 heavy (non-hydrogen) atoms. The smallest absolute Gasteiger partial charge is 0.346 e. The molecule has 0 unspecified atom stereocenters. The lowest BCUT2D eigenvalue weighted by atomic mass is 10.0. The van der Waals surface area contributed by atoms with Crippen molar-refractivity contribution in [3.63, 3.8) is 0 Å². The highest BCUT2D eigenvalue weighted by molar-refractivity contribution is 6.08. The number of carbonyl (C=O) groups excluding carboxylic acids is 3. The van der Waals surface area contributed by atoms with Gasteiger partial charge in [0.05, 0.1) is 23.3 Å². The van der Waals surface area contributed by atoms with Crippen molar-refractivity contribution in [1.29, 1.82) is 0 Å². The minimum Gasteiger partial charge on any atom is -0.462 e. The maximum atomic E-state index is 12.3. The molecule has 0 aliphatic heterocycles. The van der Waals surface area contributed by atoms with Crippen molar-refractivity contribution in [1.82, 2.24) is 0 Å². The first-order chi connectivity index (χ1) is 11.0. The Morgan fingerprint density at radius 3 is 2.22 bits per heavy atom. The van der Waals surface area contributed by atoms with Crippen molar-refractivity contribution >= 4 is 17.9 Å². The van der Waals surface area contributed by atoms with Gasteiger partial charge in [-0.1, -0.05) is 29.8 Å². The summed E-state index contributed by atoms with van der Waals surface area (Å²) >= 11 is 0. The summed E-state index contributed by atoms with van der Waals surface area (Å²) in [6, 6.07) is 12.8. The second-order valence-corrected chi connectivity index (χ2v) is 4.81. The first kappa shape index (κ1) is 16.4. The Labute approximate surface area is 133 Å². The van der Waals surface area contributed by atoms with Crippen molar-refractivity contribution in [3.8, 4) is 0 Å². The summed E-state index contributed by atoms with van der Waals surface area (Å²) in [7, 11) is 0. The quantitative estimate of drug-likeness (QED) is 0.640. The van der Waals surface area contributed by atoms with Crippen LogP contribution < -0.4 is 0 Å². The number of ether oxygens (including phenoxy) is 2. The van der Waals surface area contributed by atoms with Crippen molar-refractivity contribution in [2.45, 2.75) is 13.8 Å². The molecule has 0 N–H and O–H groups in total. The van der Waals surface area contributed by atoms with Gasteiger partial charge in [-0.15, -0.1) is 0 Å². The first-order valence-corrected chi connectivity index (χ1v) is 7.12. The van der Waals surface area contributed by atoms with Crippen LogP contribution in [0, 0.1) is 6.92 Å². The van der Waals surface area contributed by atoms with Gasteiger partial charge in [0, 0.05) is 0 Å². The number of hydrogen-bond acceptors (Lipinski definition) is 5. The number of benzene rings is 2. The molecule has 5 nitrogen and oxygen atoms in total. The minimum atomic E-state index is -0.884. The van der Waals surface area contributed by atoms with E-state index in [0.717, 1.165) is 5.56 Å². The number of rotatable bonds is 4. The van der Waals surface area contributed by atoms with E-state index in [1.54, 1.807) is 38.1 Å². The molecule has 118 valence electrons. The van der Waals surface area contributed by atoms with Crippen molar-refractivity contribution < 1.29 is 23.9 Å². The Bertz CT molecular complexity index is 734. The average molecular weight is 312 g/mol. The van der Waals surface area contributed by atoms with E-state index in [0.29, 0.717) is 0 Å². The third-order valence-electron chi connectivity index (χ3n) is 3.09. The van der Waals surface area contributed by atoms with E-state index < -0.39 is 17.9 Å². The van der Waals surface area contributed by atoms with Crippen LogP contribution in [0.5, 0.6) is 0 Å². The van der Waals surface area contributed by atoms with Crippen LogP contribution in [-0.4, -0.2) is 24.5 Å². The molecule has 2 rings (SSSR count).